The molecular weight excluding hydrogens is 254 g/mol. The Kier molecular flexibility index (Phi) is 4.83. The zero-order valence-corrected chi connectivity index (χ0v) is 11.2. The molecule has 1 fully saturated rings. The van der Waals surface area contributed by atoms with Gasteiger partial charge in [0.25, 0.3) is 0 Å². The Morgan fingerprint density at radius 2 is 2.39 bits per heavy atom. The number of benzene rings is 1. The molecule has 1 heterocycles. The lowest BCUT2D eigenvalue weighted by Gasteiger charge is -2.34. The van der Waals surface area contributed by atoms with Crippen molar-refractivity contribution in [3.63, 3.8) is 0 Å². The fourth-order valence-corrected chi connectivity index (χ4v) is 2.35. The molecular formula is C13H18ClNO3. The summed E-state index contributed by atoms with van der Waals surface area (Å²) in [6.45, 7) is 2.88. The molecule has 0 aromatic heterocycles. The maximum absolute atomic E-state index is 9.34. The highest BCUT2D eigenvalue weighted by Gasteiger charge is 2.23. The summed E-state index contributed by atoms with van der Waals surface area (Å²) in [5, 5.41) is 10.0. The van der Waals surface area contributed by atoms with Gasteiger partial charge in [-0.25, -0.2) is 0 Å². The molecule has 5 heteroatoms. The molecule has 1 atom stereocenters. The number of aliphatic hydroxyl groups is 1. The summed E-state index contributed by atoms with van der Waals surface area (Å²) < 4.78 is 10.7. The highest BCUT2D eigenvalue weighted by atomic mass is 35.5. The van der Waals surface area contributed by atoms with Crippen LogP contribution in [0.25, 0.3) is 0 Å². The molecule has 1 N–H and O–H groups in total. The number of aliphatic hydroxyl groups excluding tert-OH is 1. The van der Waals surface area contributed by atoms with Gasteiger partial charge in [0.05, 0.1) is 33.0 Å². The lowest BCUT2D eigenvalue weighted by molar-refractivity contribution is -0.0314. The summed E-state index contributed by atoms with van der Waals surface area (Å²) >= 11 is 6.01. The van der Waals surface area contributed by atoms with Crippen LogP contribution in [0, 0.1) is 0 Å². The van der Waals surface area contributed by atoms with Crippen molar-refractivity contribution in [3.05, 3.63) is 28.8 Å². The molecule has 18 heavy (non-hydrogen) atoms. The maximum Gasteiger partial charge on any atom is 0.123 e. The quantitative estimate of drug-likeness (QED) is 0.902. The van der Waals surface area contributed by atoms with Crippen LogP contribution in [-0.2, 0) is 11.3 Å². The van der Waals surface area contributed by atoms with Gasteiger partial charge in [-0.1, -0.05) is 11.6 Å². The first-order chi connectivity index (χ1) is 8.74. The maximum atomic E-state index is 9.34. The van der Waals surface area contributed by atoms with Crippen molar-refractivity contribution in [2.24, 2.45) is 0 Å². The Balaban J connectivity index is 2.14. The Morgan fingerprint density at radius 3 is 3.11 bits per heavy atom. The van der Waals surface area contributed by atoms with E-state index in [-0.39, 0.29) is 12.6 Å². The second-order valence-electron chi connectivity index (χ2n) is 4.34. The zero-order valence-electron chi connectivity index (χ0n) is 10.4. The van der Waals surface area contributed by atoms with Crippen LogP contribution >= 0.6 is 11.6 Å². The lowest BCUT2D eigenvalue weighted by atomic mass is 10.1. The van der Waals surface area contributed by atoms with Crippen molar-refractivity contribution in [3.8, 4) is 5.75 Å². The van der Waals surface area contributed by atoms with Gasteiger partial charge in [-0.05, 0) is 18.2 Å². The van der Waals surface area contributed by atoms with Gasteiger partial charge in [-0.15, -0.1) is 0 Å². The van der Waals surface area contributed by atoms with Gasteiger partial charge in [0.2, 0.25) is 0 Å². The Morgan fingerprint density at radius 1 is 1.56 bits per heavy atom. The third-order valence-electron chi connectivity index (χ3n) is 3.18. The molecule has 1 aliphatic rings. The third-order valence-corrected chi connectivity index (χ3v) is 3.41. The standard InChI is InChI=1S/C13H18ClNO3/c1-17-13-3-2-11(14)6-10(13)7-15-4-5-18-9-12(15)8-16/h2-3,6,12,16H,4-5,7-9H2,1H3. The van der Waals surface area contributed by atoms with Crippen LogP contribution in [0.3, 0.4) is 0 Å². The summed E-state index contributed by atoms with van der Waals surface area (Å²) in [5.74, 6) is 0.822. The van der Waals surface area contributed by atoms with Crippen LogP contribution in [0.4, 0.5) is 0 Å². The highest BCUT2D eigenvalue weighted by molar-refractivity contribution is 6.30. The molecule has 0 saturated carbocycles. The largest absolute Gasteiger partial charge is 0.496 e. The fourth-order valence-electron chi connectivity index (χ4n) is 2.16. The van der Waals surface area contributed by atoms with E-state index < -0.39 is 0 Å². The van der Waals surface area contributed by atoms with E-state index in [0.717, 1.165) is 17.9 Å². The van der Waals surface area contributed by atoms with E-state index >= 15 is 0 Å². The first kappa shape index (κ1) is 13.6. The van der Waals surface area contributed by atoms with Crippen molar-refractivity contribution in [1.29, 1.82) is 0 Å². The molecule has 0 spiro atoms. The normalized spacial score (nSPS) is 20.9. The molecule has 2 rings (SSSR count). The summed E-state index contributed by atoms with van der Waals surface area (Å²) in [7, 11) is 1.65. The number of hydrogen-bond acceptors (Lipinski definition) is 4. The molecule has 1 aliphatic heterocycles. The van der Waals surface area contributed by atoms with Gasteiger partial charge in [0, 0.05) is 23.7 Å². The van der Waals surface area contributed by atoms with Crippen LogP contribution < -0.4 is 4.74 Å². The second-order valence-corrected chi connectivity index (χ2v) is 4.77. The van der Waals surface area contributed by atoms with Gasteiger partial charge >= 0.3 is 0 Å². The SMILES string of the molecule is COc1ccc(Cl)cc1CN1CCOCC1CO. The summed E-state index contributed by atoms with van der Waals surface area (Å²) in [6.07, 6.45) is 0. The van der Waals surface area contributed by atoms with E-state index in [2.05, 4.69) is 4.90 Å². The van der Waals surface area contributed by atoms with Gasteiger partial charge in [0.15, 0.2) is 0 Å². The van der Waals surface area contributed by atoms with Gasteiger partial charge in [-0.3, -0.25) is 4.90 Å². The number of morpholine rings is 1. The van der Waals surface area contributed by atoms with E-state index in [1.54, 1.807) is 7.11 Å². The van der Waals surface area contributed by atoms with Gasteiger partial charge < -0.3 is 14.6 Å². The van der Waals surface area contributed by atoms with E-state index in [1.165, 1.54) is 0 Å². The predicted molar refractivity (Wildman–Crippen MR) is 70.1 cm³/mol. The molecule has 100 valence electrons. The second kappa shape index (κ2) is 6.38. The number of methoxy groups -OCH3 is 1. The first-order valence-corrected chi connectivity index (χ1v) is 6.37. The lowest BCUT2D eigenvalue weighted by Crippen LogP contribution is -2.46. The van der Waals surface area contributed by atoms with Gasteiger partial charge in [0.1, 0.15) is 5.75 Å². The Labute approximate surface area is 112 Å². The van der Waals surface area contributed by atoms with Crippen molar-refractivity contribution in [2.45, 2.75) is 12.6 Å². The van der Waals surface area contributed by atoms with Crippen molar-refractivity contribution >= 4 is 11.6 Å². The average molecular weight is 272 g/mol. The molecule has 1 unspecified atom stereocenters. The van der Waals surface area contributed by atoms with Crippen molar-refractivity contribution in [2.75, 3.05) is 33.5 Å². The van der Waals surface area contributed by atoms with Crippen LogP contribution in [0.5, 0.6) is 5.75 Å². The Hall–Kier alpha value is -0.810. The van der Waals surface area contributed by atoms with Crippen molar-refractivity contribution < 1.29 is 14.6 Å². The third kappa shape index (κ3) is 3.14. The van der Waals surface area contributed by atoms with E-state index in [0.29, 0.717) is 24.8 Å². The van der Waals surface area contributed by atoms with Crippen LogP contribution in [0.1, 0.15) is 5.56 Å². The molecule has 1 aromatic carbocycles. The number of halogens is 1. The minimum absolute atomic E-state index is 0.0439. The van der Waals surface area contributed by atoms with E-state index in [4.69, 9.17) is 21.1 Å². The smallest absolute Gasteiger partial charge is 0.123 e. The van der Waals surface area contributed by atoms with E-state index in [1.807, 2.05) is 18.2 Å². The van der Waals surface area contributed by atoms with Crippen LogP contribution in [-0.4, -0.2) is 49.5 Å². The fraction of sp³-hybridized carbons (Fsp3) is 0.538. The average Bonchev–Trinajstić information content (AvgIpc) is 2.40. The minimum atomic E-state index is 0.0439. The molecule has 4 nitrogen and oxygen atoms in total. The first-order valence-electron chi connectivity index (χ1n) is 5.99. The molecule has 1 saturated heterocycles. The number of hydrogen-bond donors (Lipinski definition) is 1. The summed E-state index contributed by atoms with van der Waals surface area (Å²) in [6, 6.07) is 5.63. The monoisotopic (exact) mass is 271 g/mol. The summed E-state index contributed by atoms with van der Waals surface area (Å²) in [5.41, 5.74) is 1.03. The molecule has 0 aliphatic carbocycles. The topological polar surface area (TPSA) is 41.9 Å². The number of nitrogens with zero attached hydrogens (tertiary/aromatic N) is 1. The molecule has 1 aromatic rings. The summed E-state index contributed by atoms with van der Waals surface area (Å²) in [4.78, 5) is 2.19. The van der Waals surface area contributed by atoms with Crippen LogP contribution in [0.15, 0.2) is 18.2 Å². The minimum Gasteiger partial charge on any atom is -0.496 e. The predicted octanol–water partition coefficient (Wildman–Crippen LogP) is 1.54. The number of rotatable bonds is 4. The molecule has 0 bridgehead atoms. The van der Waals surface area contributed by atoms with E-state index in [9.17, 15) is 5.11 Å². The molecule has 0 radical (unpaired) electrons. The zero-order chi connectivity index (χ0) is 13.0. The number of ether oxygens (including phenoxy) is 2. The Bertz CT molecular complexity index is 400. The van der Waals surface area contributed by atoms with Gasteiger partial charge in [-0.2, -0.15) is 0 Å². The van der Waals surface area contributed by atoms with Crippen molar-refractivity contribution in [1.82, 2.24) is 4.90 Å². The van der Waals surface area contributed by atoms with Crippen LogP contribution in [0.2, 0.25) is 5.02 Å². The molecule has 0 amide bonds. The highest BCUT2D eigenvalue weighted by Crippen LogP contribution is 2.25.